The third-order valence-electron chi connectivity index (χ3n) is 6.39. The van der Waals surface area contributed by atoms with Gasteiger partial charge in [-0.1, -0.05) is 35.2 Å². The van der Waals surface area contributed by atoms with Gasteiger partial charge in [0.05, 0.1) is 61.2 Å². The molecule has 0 atom stereocenters. The number of pyridine rings is 1. The molecule has 0 unspecified atom stereocenters. The summed E-state index contributed by atoms with van der Waals surface area (Å²) in [7, 11) is 0. The minimum absolute atomic E-state index is 0.00694. The number of anilines is 1. The van der Waals surface area contributed by atoms with Gasteiger partial charge < -0.3 is 9.88 Å². The number of carbonyl (C=O) groups is 2. The van der Waals surface area contributed by atoms with Crippen LogP contribution in [0.25, 0.3) is 22.4 Å². The molecule has 1 aliphatic heterocycles. The highest BCUT2D eigenvalue weighted by atomic mass is 32.2. The Labute approximate surface area is 219 Å². The van der Waals surface area contributed by atoms with Crippen LogP contribution in [0.4, 0.5) is 10.3 Å². The number of carbonyl (C=O) groups excluding carboxylic acids is 2. The minimum Gasteiger partial charge on any atom is -0.357 e. The van der Waals surface area contributed by atoms with Crippen molar-refractivity contribution in [2.45, 2.75) is 5.16 Å². The molecule has 0 aliphatic carbocycles. The zero-order chi connectivity index (χ0) is 26.2. The number of rotatable bonds is 6. The second-order valence-corrected chi connectivity index (χ2v) is 9.34. The predicted octanol–water partition coefficient (Wildman–Crippen LogP) is 1.54. The minimum atomic E-state index is -0.789. The van der Waals surface area contributed by atoms with Crippen LogP contribution in [0.1, 0.15) is 10.4 Å². The number of benzene rings is 1. The number of aromatic amines is 2. The Balaban J connectivity index is 1.21. The topological polar surface area (TPSA) is 133 Å². The number of fused-ring (bicyclic) bond motifs is 1. The molecule has 1 fully saturated rings. The highest BCUT2D eigenvalue weighted by molar-refractivity contribution is 7.98. The van der Waals surface area contributed by atoms with E-state index in [1.165, 1.54) is 33.7 Å². The average molecular weight is 534 g/mol. The summed E-state index contributed by atoms with van der Waals surface area (Å²) in [5.41, 5.74) is 1.14. The van der Waals surface area contributed by atoms with Crippen molar-refractivity contribution in [3.05, 3.63) is 66.5 Å². The third-order valence-corrected chi connectivity index (χ3v) is 6.96. The van der Waals surface area contributed by atoms with Crippen LogP contribution in [-0.2, 0) is 4.79 Å². The van der Waals surface area contributed by atoms with E-state index in [1.54, 1.807) is 6.20 Å². The van der Waals surface area contributed by atoms with E-state index in [-0.39, 0.29) is 22.3 Å². The fraction of sp³-hybridized carbons (Fsp3) is 0.208. The van der Waals surface area contributed by atoms with Crippen LogP contribution in [0.15, 0.2) is 60.3 Å². The SMILES string of the molecule is CSc1nc(N2CCN(C(=O)C(=O)c3c[nH]c4c(-n5ccnn5)ncc(F)c34)CC2)[n+](-c2ccccc2)[nH]1. The molecule has 5 aromatic rings. The van der Waals surface area contributed by atoms with Gasteiger partial charge in [0.25, 0.3) is 16.8 Å². The first-order valence-electron chi connectivity index (χ1n) is 11.8. The van der Waals surface area contributed by atoms with Crippen LogP contribution in [-0.4, -0.2) is 84.1 Å². The molecule has 4 aromatic heterocycles. The van der Waals surface area contributed by atoms with E-state index < -0.39 is 17.5 Å². The molecule has 0 radical (unpaired) electrons. The molecular weight excluding hydrogens is 511 g/mol. The lowest BCUT2D eigenvalue weighted by Crippen LogP contribution is -2.53. The van der Waals surface area contributed by atoms with Gasteiger partial charge in [0.15, 0.2) is 11.6 Å². The molecule has 38 heavy (non-hydrogen) atoms. The lowest BCUT2D eigenvalue weighted by atomic mass is 10.1. The second kappa shape index (κ2) is 9.70. The number of H-pyrrole nitrogens is 2. The number of amides is 1. The number of thioether (sulfide) groups is 1. The van der Waals surface area contributed by atoms with E-state index in [9.17, 15) is 14.0 Å². The molecule has 12 nitrogen and oxygen atoms in total. The Morgan fingerprint density at radius 1 is 1.13 bits per heavy atom. The number of halogens is 1. The van der Waals surface area contributed by atoms with Crippen molar-refractivity contribution in [3.63, 3.8) is 0 Å². The van der Waals surface area contributed by atoms with E-state index in [0.29, 0.717) is 26.2 Å². The number of piperazine rings is 1. The normalized spacial score (nSPS) is 13.8. The molecule has 0 bridgehead atoms. The van der Waals surface area contributed by atoms with E-state index in [4.69, 9.17) is 4.98 Å². The van der Waals surface area contributed by atoms with E-state index in [2.05, 4.69) is 30.3 Å². The van der Waals surface area contributed by atoms with Gasteiger partial charge in [0.1, 0.15) is 5.69 Å². The number of para-hydroxylation sites is 1. The number of nitrogens with zero attached hydrogens (tertiary/aromatic N) is 8. The van der Waals surface area contributed by atoms with Crippen molar-refractivity contribution in [3.8, 4) is 11.5 Å². The Kier molecular flexibility index (Phi) is 6.07. The molecule has 14 heteroatoms. The lowest BCUT2D eigenvalue weighted by molar-refractivity contribution is -0.646. The fourth-order valence-electron chi connectivity index (χ4n) is 4.51. The van der Waals surface area contributed by atoms with Crippen LogP contribution < -0.4 is 9.58 Å². The predicted molar refractivity (Wildman–Crippen MR) is 136 cm³/mol. The van der Waals surface area contributed by atoms with Gasteiger partial charge in [-0.3, -0.25) is 14.5 Å². The van der Waals surface area contributed by atoms with Gasteiger partial charge in [-0.05, 0) is 23.4 Å². The van der Waals surface area contributed by atoms with Crippen molar-refractivity contribution >= 4 is 40.3 Å². The van der Waals surface area contributed by atoms with Crippen LogP contribution in [0.3, 0.4) is 0 Å². The first kappa shape index (κ1) is 23.8. The van der Waals surface area contributed by atoms with Crippen LogP contribution in [0, 0.1) is 5.82 Å². The first-order chi connectivity index (χ1) is 18.5. The summed E-state index contributed by atoms with van der Waals surface area (Å²) in [5.74, 6) is -1.19. The molecule has 1 aliphatic rings. The van der Waals surface area contributed by atoms with Crippen molar-refractivity contribution in [1.82, 2.24) is 39.9 Å². The van der Waals surface area contributed by atoms with Gasteiger partial charge in [0.2, 0.25) is 0 Å². The Bertz CT molecular complexity index is 1620. The number of Topliss-reactive ketones (excluding diaryl/α,β-unsaturated/α-hetero) is 1. The number of nitrogens with one attached hydrogen (secondary N) is 2. The van der Waals surface area contributed by atoms with Crippen molar-refractivity contribution in [1.29, 1.82) is 0 Å². The second-order valence-electron chi connectivity index (χ2n) is 8.54. The Morgan fingerprint density at radius 3 is 2.63 bits per heavy atom. The monoisotopic (exact) mass is 533 g/mol. The molecule has 1 amide bonds. The average Bonchev–Trinajstić information content (AvgIpc) is 3.73. The summed E-state index contributed by atoms with van der Waals surface area (Å²) < 4.78 is 18.1. The molecule has 6 rings (SSSR count). The maximum absolute atomic E-state index is 14.8. The molecule has 1 aromatic carbocycles. The van der Waals surface area contributed by atoms with Gasteiger partial charge in [-0.2, -0.15) is 0 Å². The number of ketones is 1. The summed E-state index contributed by atoms with van der Waals surface area (Å²) in [5, 5.41) is 11.7. The Morgan fingerprint density at radius 2 is 1.92 bits per heavy atom. The fourth-order valence-corrected chi connectivity index (χ4v) is 4.86. The summed E-state index contributed by atoms with van der Waals surface area (Å²) >= 11 is 1.50. The smallest absolute Gasteiger partial charge is 0.357 e. The molecule has 192 valence electrons. The first-order valence-corrected chi connectivity index (χ1v) is 13.0. The van der Waals surface area contributed by atoms with Gasteiger partial charge >= 0.3 is 5.95 Å². The molecule has 0 saturated carbocycles. The number of aromatic nitrogens is 8. The van der Waals surface area contributed by atoms with Crippen LogP contribution in [0.5, 0.6) is 0 Å². The molecule has 5 heterocycles. The molecular formula is C24H22FN10O2S+. The summed E-state index contributed by atoms with van der Waals surface area (Å²) in [6.07, 6.45) is 7.29. The zero-order valence-electron chi connectivity index (χ0n) is 20.2. The maximum atomic E-state index is 14.8. The van der Waals surface area contributed by atoms with Crippen LogP contribution >= 0.6 is 11.8 Å². The Hall–Kier alpha value is -4.59. The summed E-state index contributed by atoms with van der Waals surface area (Å²) in [6, 6.07) is 9.81. The van der Waals surface area contributed by atoms with E-state index >= 15 is 0 Å². The third kappa shape index (κ3) is 4.08. The summed E-state index contributed by atoms with van der Waals surface area (Å²) in [4.78, 5) is 41.6. The number of hydrogen-bond acceptors (Lipinski definition) is 8. The molecule has 0 spiro atoms. The number of hydrogen-bond donors (Lipinski definition) is 2. The van der Waals surface area contributed by atoms with E-state index in [1.807, 2.05) is 41.3 Å². The highest BCUT2D eigenvalue weighted by Gasteiger charge is 2.34. The van der Waals surface area contributed by atoms with Crippen molar-refractivity contribution in [2.24, 2.45) is 0 Å². The molecule has 2 N–H and O–H groups in total. The van der Waals surface area contributed by atoms with Gasteiger partial charge in [-0.25, -0.2) is 19.2 Å². The summed E-state index contributed by atoms with van der Waals surface area (Å²) in [6.45, 7) is 1.59. The van der Waals surface area contributed by atoms with Crippen molar-refractivity contribution < 1.29 is 18.7 Å². The van der Waals surface area contributed by atoms with Crippen LogP contribution in [0.2, 0.25) is 0 Å². The van der Waals surface area contributed by atoms with Crippen molar-refractivity contribution in [2.75, 3.05) is 37.3 Å². The maximum Gasteiger partial charge on any atom is 0.419 e. The van der Waals surface area contributed by atoms with Gasteiger partial charge in [0, 0.05) is 6.20 Å². The highest BCUT2D eigenvalue weighted by Crippen LogP contribution is 2.26. The standard InChI is InChI=1S/C24H21FN10O2S/c1-38-23-29-24(35(30-23)15-5-3-2-4-6-15)33-11-9-32(10-12-33)22(37)20(36)16-13-26-19-18(16)17(25)14-27-21(19)34-8-7-28-31-34/h2-8,13-14H,9-12H2,1H3,(H,26,27,36)/p+1. The largest absolute Gasteiger partial charge is 0.419 e. The quantitative estimate of drug-likeness (QED) is 0.145. The molecule has 1 saturated heterocycles. The zero-order valence-corrected chi connectivity index (χ0v) is 21.0. The van der Waals surface area contributed by atoms with Gasteiger partial charge in [-0.15, -0.1) is 9.78 Å². The van der Waals surface area contributed by atoms with E-state index in [0.717, 1.165) is 23.0 Å². The lowest BCUT2D eigenvalue weighted by Gasteiger charge is -2.30.